The molecular formula is C52H42N2. The fourth-order valence-corrected chi connectivity index (χ4v) is 9.39. The second kappa shape index (κ2) is 13.3. The number of hydrogen-bond acceptors (Lipinski definition) is 2. The number of hydrogen-bond donors (Lipinski definition) is 0. The smallest absolute Gasteiger partial charge is 0.0629 e. The normalized spacial score (nSPS) is 16.6. The molecule has 1 aromatic heterocycles. The predicted octanol–water partition coefficient (Wildman–Crippen LogP) is 13.6. The summed E-state index contributed by atoms with van der Waals surface area (Å²) in [5.41, 5.74) is 13.1. The number of rotatable bonds is 7. The second-order valence-corrected chi connectivity index (χ2v) is 15.0. The second-order valence-electron chi connectivity index (χ2n) is 15.0. The van der Waals surface area contributed by atoms with Gasteiger partial charge in [-0.1, -0.05) is 134 Å². The first-order chi connectivity index (χ1) is 26.7. The molecular weight excluding hydrogens is 653 g/mol. The van der Waals surface area contributed by atoms with Gasteiger partial charge in [0, 0.05) is 29.7 Å². The lowest BCUT2D eigenvalue weighted by Gasteiger charge is -2.29. The Balaban J connectivity index is 1.03. The number of fused-ring (bicyclic) bond motifs is 9. The van der Waals surface area contributed by atoms with Crippen molar-refractivity contribution in [3.05, 3.63) is 198 Å². The summed E-state index contributed by atoms with van der Waals surface area (Å²) >= 11 is 0. The first-order valence-electron chi connectivity index (χ1n) is 19.4. The number of benzene rings is 7. The molecule has 0 saturated carbocycles. The topological polar surface area (TPSA) is 16.1 Å². The standard InChI is InChI=1S/C52H42N2/c1-3-36(31-35-26-28-53-29-27-35)41-12-4-5-13-42(41)40-23-20-37(30-34(40)2)38-21-25-52-50(32-38)48-18-10-11-19-51(48)54(52)39-22-24-47-45-16-7-6-14-43(45)44-15-8-9-17-46(44)49(47)33-39/h4-30,32-33,36,48,51H,3,31H2,1-2H3. The summed E-state index contributed by atoms with van der Waals surface area (Å²) in [5, 5.41) is 7.84. The van der Waals surface area contributed by atoms with Crippen LogP contribution in [0.15, 0.2) is 176 Å². The lowest BCUT2D eigenvalue weighted by Crippen LogP contribution is -2.28. The fourth-order valence-electron chi connectivity index (χ4n) is 9.39. The van der Waals surface area contributed by atoms with Crippen LogP contribution in [0.1, 0.15) is 47.4 Å². The molecule has 0 amide bonds. The van der Waals surface area contributed by atoms with Crippen molar-refractivity contribution < 1.29 is 0 Å². The van der Waals surface area contributed by atoms with Crippen molar-refractivity contribution in [2.24, 2.45) is 0 Å². The van der Waals surface area contributed by atoms with Gasteiger partial charge in [0.2, 0.25) is 0 Å². The molecule has 260 valence electrons. The van der Waals surface area contributed by atoms with Gasteiger partial charge in [-0.3, -0.25) is 4.98 Å². The summed E-state index contributed by atoms with van der Waals surface area (Å²) in [4.78, 5) is 6.80. The van der Waals surface area contributed by atoms with Crippen LogP contribution >= 0.6 is 0 Å². The lowest BCUT2D eigenvalue weighted by atomic mass is 9.83. The molecule has 0 bridgehead atoms. The Morgan fingerprint density at radius 3 is 1.98 bits per heavy atom. The van der Waals surface area contributed by atoms with Crippen molar-refractivity contribution in [1.82, 2.24) is 4.98 Å². The number of nitrogens with zero attached hydrogens (tertiary/aromatic N) is 2. The van der Waals surface area contributed by atoms with Crippen molar-refractivity contribution in [2.75, 3.05) is 4.90 Å². The van der Waals surface area contributed by atoms with E-state index >= 15 is 0 Å². The largest absolute Gasteiger partial charge is 0.333 e. The SMILES string of the molecule is CCC(Cc1ccncc1)c1ccccc1-c1ccc(-c2ccc3c(c2)C2C=CC=CC2N3c2ccc3c4ccccc4c4ccccc4c3c2)cc1C. The van der Waals surface area contributed by atoms with Crippen molar-refractivity contribution in [3.8, 4) is 22.3 Å². The van der Waals surface area contributed by atoms with E-state index in [4.69, 9.17) is 0 Å². The van der Waals surface area contributed by atoms with E-state index in [0.29, 0.717) is 5.92 Å². The number of pyridine rings is 1. The zero-order valence-corrected chi connectivity index (χ0v) is 30.8. The molecule has 3 atom stereocenters. The quantitative estimate of drug-likeness (QED) is 0.154. The highest BCUT2D eigenvalue weighted by Crippen LogP contribution is 2.50. The van der Waals surface area contributed by atoms with Gasteiger partial charge >= 0.3 is 0 Å². The van der Waals surface area contributed by atoms with E-state index in [9.17, 15) is 0 Å². The average Bonchev–Trinajstić information content (AvgIpc) is 3.57. The third kappa shape index (κ3) is 5.36. The van der Waals surface area contributed by atoms with Crippen molar-refractivity contribution in [3.63, 3.8) is 0 Å². The third-order valence-corrected chi connectivity index (χ3v) is 12.0. The molecule has 3 unspecified atom stereocenters. The van der Waals surface area contributed by atoms with Crippen LogP contribution in [0, 0.1) is 6.92 Å². The molecule has 0 N–H and O–H groups in total. The minimum atomic E-state index is 0.226. The maximum atomic E-state index is 4.24. The fraction of sp³-hybridized carbons (Fsp3) is 0.135. The van der Waals surface area contributed by atoms with Gasteiger partial charge in [0.05, 0.1) is 6.04 Å². The Hall–Kier alpha value is -6.25. The van der Waals surface area contributed by atoms with Crippen molar-refractivity contribution in [2.45, 2.75) is 44.6 Å². The molecule has 54 heavy (non-hydrogen) atoms. The van der Waals surface area contributed by atoms with E-state index < -0.39 is 0 Å². The molecule has 0 radical (unpaired) electrons. The van der Waals surface area contributed by atoms with Gasteiger partial charge in [-0.2, -0.15) is 0 Å². The van der Waals surface area contributed by atoms with E-state index in [-0.39, 0.29) is 12.0 Å². The van der Waals surface area contributed by atoms with Gasteiger partial charge in [-0.05, 0) is 139 Å². The summed E-state index contributed by atoms with van der Waals surface area (Å²) in [6.07, 6.45) is 15.1. The first-order valence-corrected chi connectivity index (χ1v) is 19.4. The molecule has 7 aromatic carbocycles. The van der Waals surface area contributed by atoms with Gasteiger partial charge in [0.1, 0.15) is 0 Å². The maximum Gasteiger partial charge on any atom is 0.0629 e. The zero-order chi connectivity index (χ0) is 36.2. The summed E-state index contributed by atoms with van der Waals surface area (Å²) in [6.45, 7) is 4.57. The summed E-state index contributed by atoms with van der Waals surface area (Å²) in [6, 6.07) is 52.5. The Morgan fingerprint density at radius 2 is 1.24 bits per heavy atom. The van der Waals surface area contributed by atoms with Gasteiger partial charge in [0.15, 0.2) is 0 Å². The third-order valence-electron chi connectivity index (χ3n) is 12.0. The number of aryl methyl sites for hydroxylation is 1. The zero-order valence-electron chi connectivity index (χ0n) is 30.8. The van der Waals surface area contributed by atoms with Crippen molar-refractivity contribution >= 4 is 43.7 Å². The summed E-state index contributed by atoms with van der Waals surface area (Å²) in [5.74, 6) is 0.723. The van der Waals surface area contributed by atoms with E-state index in [0.717, 1.165) is 12.8 Å². The lowest BCUT2D eigenvalue weighted by molar-refractivity contribution is 0.661. The Bertz CT molecular complexity index is 2740. The number of anilines is 2. The minimum absolute atomic E-state index is 0.226. The molecule has 1 aliphatic carbocycles. The van der Waals surface area contributed by atoms with Crippen LogP contribution in [0.25, 0.3) is 54.6 Å². The monoisotopic (exact) mass is 694 g/mol. The highest BCUT2D eigenvalue weighted by Gasteiger charge is 2.37. The first kappa shape index (κ1) is 32.4. The van der Waals surface area contributed by atoms with Gasteiger partial charge < -0.3 is 4.90 Å². The van der Waals surface area contributed by atoms with E-state index in [1.54, 1.807) is 0 Å². The van der Waals surface area contributed by atoms with Crippen LogP contribution in [0.2, 0.25) is 0 Å². The Labute approximate surface area is 317 Å². The average molecular weight is 695 g/mol. The van der Waals surface area contributed by atoms with Crippen LogP contribution < -0.4 is 4.90 Å². The molecule has 2 heterocycles. The molecule has 8 aromatic rings. The molecule has 2 heteroatoms. The summed E-state index contributed by atoms with van der Waals surface area (Å²) < 4.78 is 0. The maximum absolute atomic E-state index is 4.24. The van der Waals surface area contributed by atoms with Gasteiger partial charge in [0.25, 0.3) is 0 Å². The number of allylic oxidation sites excluding steroid dienone is 2. The van der Waals surface area contributed by atoms with Gasteiger partial charge in [-0.25, -0.2) is 0 Å². The van der Waals surface area contributed by atoms with Crippen LogP contribution in [0.3, 0.4) is 0 Å². The van der Waals surface area contributed by atoms with E-state index in [1.807, 2.05) is 12.4 Å². The molecule has 2 aliphatic rings. The molecule has 2 nitrogen and oxygen atoms in total. The molecule has 0 spiro atoms. The Morgan fingerprint density at radius 1 is 0.593 bits per heavy atom. The minimum Gasteiger partial charge on any atom is -0.333 e. The van der Waals surface area contributed by atoms with Gasteiger partial charge in [-0.15, -0.1) is 0 Å². The molecule has 10 rings (SSSR count). The highest BCUT2D eigenvalue weighted by molar-refractivity contribution is 6.25. The van der Waals surface area contributed by atoms with Crippen LogP contribution in [0.4, 0.5) is 11.4 Å². The van der Waals surface area contributed by atoms with Crippen molar-refractivity contribution in [1.29, 1.82) is 0 Å². The summed E-state index contributed by atoms with van der Waals surface area (Å²) in [7, 11) is 0. The Kier molecular flexibility index (Phi) is 7.99. The van der Waals surface area contributed by atoms with Crippen LogP contribution in [-0.4, -0.2) is 11.0 Å². The molecule has 0 fully saturated rings. The van der Waals surface area contributed by atoms with Crippen LogP contribution in [-0.2, 0) is 6.42 Å². The van der Waals surface area contributed by atoms with Crippen LogP contribution in [0.5, 0.6) is 0 Å². The van der Waals surface area contributed by atoms with E-state index in [1.165, 1.54) is 88.2 Å². The highest BCUT2D eigenvalue weighted by atomic mass is 15.2. The van der Waals surface area contributed by atoms with E-state index in [2.05, 4.69) is 188 Å². The molecule has 0 saturated heterocycles. The molecule has 1 aliphatic heterocycles. The number of aromatic nitrogens is 1. The predicted molar refractivity (Wildman–Crippen MR) is 229 cm³/mol.